The Morgan fingerprint density at radius 2 is 1.94 bits per heavy atom. The van der Waals surface area contributed by atoms with Crippen LogP contribution in [0, 0.1) is 17.2 Å². The molecular weight excluding hydrogens is 483 g/mol. The molecular formula is C19H19Cl3N6O4. The minimum Gasteiger partial charge on any atom is -0.460 e. The van der Waals surface area contributed by atoms with Crippen LogP contribution in [0.4, 0.5) is 10.5 Å². The van der Waals surface area contributed by atoms with E-state index in [1.165, 1.54) is 12.1 Å². The number of nitrogens with zero attached hydrogens (tertiary/aromatic N) is 4. The number of nitrogens with one attached hydrogen (secondary N) is 2. The first-order chi connectivity index (χ1) is 15.2. The van der Waals surface area contributed by atoms with Gasteiger partial charge in [-0.05, 0) is 36.6 Å². The van der Waals surface area contributed by atoms with E-state index in [2.05, 4.69) is 25.5 Å². The molecule has 2 N–H and O–H groups in total. The van der Waals surface area contributed by atoms with Gasteiger partial charge in [-0.3, -0.25) is 15.5 Å². The molecule has 2 unspecified atom stereocenters. The Morgan fingerprint density at radius 3 is 2.50 bits per heavy atom. The lowest BCUT2D eigenvalue weighted by Gasteiger charge is -2.22. The van der Waals surface area contributed by atoms with Crippen molar-refractivity contribution in [2.24, 2.45) is 21.2 Å². The van der Waals surface area contributed by atoms with Gasteiger partial charge in [0.05, 0.1) is 22.3 Å². The second-order valence-corrected chi connectivity index (χ2v) is 7.75. The molecule has 0 saturated carbocycles. The number of hydrogen-bond donors (Lipinski definition) is 2. The molecule has 1 aromatic carbocycles. The molecule has 10 nitrogen and oxygen atoms in total. The van der Waals surface area contributed by atoms with Gasteiger partial charge in [0.2, 0.25) is 11.9 Å². The number of benzene rings is 1. The molecule has 170 valence electrons. The van der Waals surface area contributed by atoms with Crippen molar-refractivity contribution in [3.05, 3.63) is 33.8 Å². The van der Waals surface area contributed by atoms with Crippen molar-refractivity contribution < 1.29 is 19.1 Å². The van der Waals surface area contributed by atoms with Crippen molar-refractivity contribution >= 4 is 58.2 Å². The molecule has 0 radical (unpaired) electrons. The average molecular weight is 502 g/mol. The van der Waals surface area contributed by atoms with Crippen molar-refractivity contribution in [3.8, 4) is 11.8 Å². The van der Waals surface area contributed by atoms with E-state index < -0.39 is 29.4 Å². The summed E-state index contributed by atoms with van der Waals surface area (Å²) in [4.78, 5) is 23.2. The van der Waals surface area contributed by atoms with Crippen LogP contribution in [-0.4, -0.2) is 36.0 Å². The molecule has 1 heterocycles. The van der Waals surface area contributed by atoms with E-state index in [0.717, 1.165) is 5.57 Å². The molecule has 1 aromatic rings. The van der Waals surface area contributed by atoms with Gasteiger partial charge in [0.25, 0.3) is 5.91 Å². The first-order valence-corrected chi connectivity index (χ1v) is 10.5. The molecule has 0 aliphatic carbocycles. The Kier molecular flexibility index (Phi) is 9.26. The number of azo groups is 1. The molecule has 32 heavy (non-hydrogen) atoms. The predicted octanol–water partition coefficient (Wildman–Crippen LogP) is 4.88. The van der Waals surface area contributed by atoms with Crippen molar-refractivity contribution in [1.82, 2.24) is 5.32 Å². The molecule has 0 fully saturated rings. The highest BCUT2D eigenvalue weighted by Crippen LogP contribution is 2.38. The fraction of sp³-hybridized carbons (Fsp3) is 0.368. The second kappa shape index (κ2) is 11.7. The maximum atomic E-state index is 11.9. The van der Waals surface area contributed by atoms with Gasteiger partial charge >= 0.3 is 6.09 Å². The van der Waals surface area contributed by atoms with Crippen LogP contribution >= 0.6 is 34.8 Å². The number of hydrogen-bond acceptors (Lipinski definition) is 9. The van der Waals surface area contributed by atoms with E-state index in [0.29, 0.717) is 0 Å². The number of nitriles is 1. The Hall–Kier alpha value is -2.87. The molecule has 1 aliphatic heterocycles. The summed E-state index contributed by atoms with van der Waals surface area (Å²) in [5.41, 5.74) is 2.42. The zero-order valence-electron chi connectivity index (χ0n) is 17.2. The van der Waals surface area contributed by atoms with Crippen molar-refractivity contribution in [2.45, 2.75) is 32.5 Å². The second-order valence-electron chi connectivity index (χ2n) is 6.52. The summed E-state index contributed by atoms with van der Waals surface area (Å²) >= 11 is 18.7. The van der Waals surface area contributed by atoms with Crippen LogP contribution in [0.2, 0.25) is 10.0 Å². The highest BCUT2D eigenvalue weighted by atomic mass is 35.5. The Bertz CT molecular complexity index is 996. The summed E-state index contributed by atoms with van der Waals surface area (Å²) in [6, 6.07) is 4.41. The highest BCUT2D eigenvalue weighted by molar-refractivity contribution is 6.47. The van der Waals surface area contributed by atoms with Crippen LogP contribution in [0.1, 0.15) is 20.8 Å². The maximum absolute atomic E-state index is 11.9. The predicted molar refractivity (Wildman–Crippen MR) is 120 cm³/mol. The SMILES string of the molecule is CCOC(=O)NC(=O)/C(C#N)=N\Nc1cc(Cl)c(OC2C=C(C(C)C)C(Cl)N=N2)c(Cl)c1. The zero-order valence-corrected chi connectivity index (χ0v) is 19.5. The minimum atomic E-state index is -1.04. The van der Waals surface area contributed by atoms with E-state index in [1.807, 2.05) is 19.2 Å². The fourth-order valence-corrected chi connectivity index (χ4v) is 3.37. The molecule has 2 atom stereocenters. The molecule has 2 amide bonds. The van der Waals surface area contributed by atoms with Crippen molar-refractivity contribution in [2.75, 3.05) is 12.0 Å². The first kappa shape index (κ1) is 25.4. The topological polar surface area (TPSA) is 138 Å². The third-order valence-corrected chi connectivity index (χ3v) is 4.81. The molecule has 0 bridgehead atoms. The van der Waals surface area contributed by atoms with Gasteiger partial charge in [-0.25, -0.2) is 4.79 Å². The monoisotopic (exact) mass is 500 g/mol. The number of ether oxygens (including phenoxy) is 2. The lowest BCUT2D eigenvalue weighted by atomic mass is 10.0. The summed E-state index contributed by atoms with van der Waals surface area (Å²) < 4.78 is 10.3. The number of alkyl carbamates (subject to hydrolysis) is 1. The number of carbonyl (C=O) groups excluding carboxylic acids is 2. The van der Waals surface area contributed by atoms with E-state index >= 15 is 0 Å². The fourth-order valence-electron chi connectivity index (χ4n) is 2.42. The summed E-state index contributed by atoms with van der Waals surface area (Å²) in [6.45, 7) is 5.58. The van der Waals surface area contributed by atoms with E-state index in [-0.39, 0.29) is 34.0 Å². The standard InChI is InChI=1S/C19H19Cl3N6O4/c1-4-31-19(30)24-18(29)14(8-23)26-25-10-5-12(20)16(13(21)6-10)32-15-7-11(9(2)3)17(22)28-27-15/h5-7,9,15,17,25H,4H2,1-3H3,(H,24,29,30)/b26-14-. The van der Waals surface area contributed by atoms with Gasteiger partial charge in [-0.2, -0.15) is 15.5 Å². The smallest absolute Gasteiger partial charge is 0.414 e. The molecule has 13 heteroatoms. The summed E-state index contributed by atoms with van der Waals surface area (Å²) in [6.07, 6.45) is -0.00570. The van der Waals surface area contributed by atoms with Gasteiger partial charge < -0.3 is 9.47 Å². The number of hydrazone groups is 1. The Labute approximate surface area is 199 Å². The highest BCUT2D eigenvalue weighted by Gasteiger charge is 2.23. The van der Waals surface area contributed by atoms with Gasteiger partial charge in [0.15, 0.2) is 11.3 Å². The van der Waals surface area contributed by atoms with Gasteiger partial charge in [-0.15, -0.1) is 5.11 Å². The van der Waals surface area contributed by atoms with Crippen LogP contribution in [0.5, 0.6) is 5.75 Å². The van der Waals surface area contributed by atoms with Crippen LogP contribution in [-0.2, 0) is 9.53 Å². The number of anilines is 1. The van der Waals surface area contributed by atoms with Crippen molar-refractivity contribution in [1.29, 1.82) is 5.26 Å². The number of imide groups is 1. The lowest BCUT2D eigenvalue weighted by Crippen LogP contribution is -2.36. The Balaban J connectivity index is 2.15. The number of alkyl halides is 1. The normalized spacial score (nSPS) is 17.9. The van der Waals surface area contributed by atoms with Gasteiger partial charge in [0, 0.05) is 0 Å². The van der Waals surface area contributed by atoms with Crippen LogP contribution in [0.3, 0.4) is 0 Å². The third kappa shape index (κ3) is 6.82. The van der Waals surface area contributed by atoms with Gasteiger partial charge in [0.1, 0.15) is 6.07 Å². The Morgan fingerprint density at radius 1 is 1.28 bits per heavy atom. The molecule has 2 rings (SSSR count). The lowest BCUT2D eigenvalue weighted by molar-refractivity contribution is -0.114. The molecule has 1 aliphatic rings. The first-order valence-electron chi connectivity index (χ1n) is 9.29. The summed E-state index contributed by atoms with van der Waals surface area (Å²) in [5.74, 6) is -0.739. The van der Waals surface area contributed by atoms with Crippen molar-refractivity contribution in [3.63, 3.8) is 0 Å². The maximum Gasteiger partial charge on any atom is 0.414 e. The molecule has 0 aromatic heterocycles. The van der Waals surface area contributed by atoms with Crippen LogP contribution in [0.25, 0.3) is 0 Å². The van der Waals surface area contributed by atoms with E-state index in [9.17, 15) is 9.59 Å². The average Bonchev–Trinajstić information content (AvgIpc) is 2.72. The third-order valence-electron chi connectivity index (χ3n) is 3.90. The number of halogens is 3. The summed E-state index contributed by atoms with van der Waals surface area (Å²) in [5, 5.41) is 22.8. The quantitative estimate of drug-likeness (QED) is 0.180. The largest absolute Gasteiger partial charge is 0.460 e. The van der Waals surface area contributed by atoms with Crippen LogP contribution < -0.4 is 15.5 Å². The van der Waals surface area contributed by atoms with Crippen LogP contribution in [0.15, 0.2) is 39.1 Å². The minimum absolute atomic E-state index is 0.0606. The molecule has 0 saturated heterocycles. The zero-order chi connectivity index (χ0) is 23.8. The number of rotatable bonds is 7. The summed E-state index contributed by atoms with van der Waals surface area (Å²) in [7, 11) is 0. The van der Waals surface area contributed by atoms with E-state index in [4.69, 9.17) is 44.8 Å². The molecule has 0 spiro atoms. The van der Waals surface area contributed by atoms with Gasteiger partial charge in [-0.1, -0.05) is 48.7 Å². The van der Waals surface area contributed by atoms with E-state index in [1.54, 1.807) is 19.1 Å². The number of amides is 2. The number of carbonyl (C=O) groups is 2.